The standard InChI is InChI=1S/C21H19N3O4/c25-21(15-2-1-3-19-20(15)28-9-8-27-19)24-17-6-7-26-18-5-4-13(10-16(17)18)14-11-22-23-12-14/h1-5,10-12,17H,6-9H2,(H,22,23)(H,24,25). The average Bonchev–Trinajstić information content (AvgIpc) is 3.28. The Balaban J connectivity index is 1.44. The maximum atomic E-state index is 13.0. The summed E-state index contributed by atoms with van der Waals surface area (Å²) in [6.07, 6.45) is 4.30. The number of amides is 1. The van der Waals surface area contributed by atoms with Crippen LogP contribution in [0.5, 0.6) is 17.2 Å². The second-order valence-corrected chi connectivity index (χ2v) is 6.73. The van der Waals surface area contributed by atoms with E-state index in [9.17, 15) is 4.79 Å². The molecule has 0 saturated carbocycles. The predicted octanol–water partition coefficient (Wildman–Crippen LogP) is 3.10. The summed E-state index contributed by atoms with van der Waals surface area (Å²) in [6.45, 7) is 1.48. The second-order valence-electron chi connectivity index (χ2n) is 6.73. The zero-order chi connectivity index (χ0) is 18.9. The molecule has 0 saturated heterocycles. The number of hydrogen-bond donors (Lipinski definition) is 2. The van der Waals surface area contributed by atoms with Gasteiger partial charge >= 0.3 is 0 Å². The highest BCUT2D eigenvalue weighted by atomic mass is 16.6. The summed E-state index contributed by atoms with van der Waals surface area (Å²) >= 11 is 0. The summed E-state index contributed by atoms with van der Waals surface area (Å²) in [6, 6.07) is 11.2. The van der Waals surface area contributed by atoms with E-state index in [-0.39, 0.29) is 11.9 Å². The van der Waals surface area contributed by atoms with Gasteiger partial charge in [0.25, 0.3) is 5.91 Å². The number of carbonyl (C=O) groups is 1. The number of H-pyrrole nitrogens is 1. The molecule has 1 atom stereocenters. The van der Waals surface area contributed by atoms with E-state index in [1.54, 1.807) is 18.3 Å². The summed E-state index contributed by atoms with van der Waals surface area (Å²) in [5.41, 5.74) is 3.45. The van der Waals surface area contributed by atoms with Crippen LogP contribution in [0.4, 0.5) is 0 Å². The zero-order valence-corrected chi connectivity index (χ0v) is 15.1. The van der Waals surface area contributed by atoms with Crippen LogP contribution in [0.2, 0.25) is 0 Å². The topological polar surface area (TPSA) is 85.5 Å². The van der Waals surface area contributed by atoms with E-state index in [0.29, 0.717) is 43.3 Å². The van der Waals surface area contributed by atoms with Crippen molar-refractivity contribution in [1.82, 2.24) is 15.5 Å². The molecule has 0 spiro atoms. The van der Waals surface area contributed by atoms with Crippen molar-refractivity contribution in [3.05, 3.63) is 59.9 Å². The average molecular weight is 377 g/mol. The molecular weight excluding hydrogens is 358 g/mol. The van der Waals surface area contributed by atoms with Gasteiger partial charge in [-0.3, -0.25) is 9.89 Å². The maximum Gasteiger partial charge on any atom is 0.255 e. The SMILES string of the molecule is O=C(NC1CCOc2ccc(-c3cn[nH]c3)cc21)c1cccc2c1OCCO2. The van der Waals surface area contributed by atoms with Gasteiger partial charge in [0.05, 0.1) is 24.4 Å². The van der Waals surface area contributed by atoms with Gasteiger partial charge in [-0.05, 0) is 29.8 Å². The zero-order valence-electron chi connectivity index (χ0n) is 15.1. The second kappa shape index (κ2) is 6.92. The number of hydrogen-bond acceptors (Lipinski definition) is 5. The van der Waals surface area contributed by atoms with Crippen LogP contribution in [0, 0.1) is 0 Å². The lowest BCUT2D eigenvalue weighted by Gasteiger charge is -2.28. The molecule has 1 amide bonds. The predicted molar refractivity (Wildman–Crippen MR) is 102 cm³/mol. The summed E-state index contributed by atoms with van der Waals surface area (Å²) < 4.78 is 17.0. The monoisotopic (exact) mass is 377 g/mol. The van der Waals surface area contributed by atoms with Crippen molar-refractivity contribution in [2.75, 3.05) is 19.8 Å². The molecule has 0 fully saturated rings. The lowest BCUT2D eigenvalue weighted by atomic mass is 9.96. The van der Waals surface area contributed by atoms with Gasteiger partial charge in [-0.25, -0.2) is 0 Å². The third-order valence-electron chi connectivity index (χ3n) is 5.00. The van der Waals surface area contributed by atoms with Crippen molar-refractivity contribution >= 4 is 5.91 Å². The van der Waals surface area contributed by atoms with Crippen molar-refractivity contribution in [2.24, 2.45) is 0 Å². The Morgan fingerprint density at radius 1 is 1.04 bits per heavy atom. The van der Waals surface area contributed by atoms with E-state index in [1.165, 1.54) is 0 Å². The Morgan fingerprint density at radius 3 is 2.82 bits per heavy atom. The molecule has 0 radical (unpaired) electrons. The van der Waals surface area contributed by atoms with Gasteiger partial charge in [0.15, 0.2) is 11.5 Å². The lowest BCUT2D eigenvalue weighted by molar-refractivity contribution is 0.0914. The van der Waals surface area contributed by atoms with Gasteiger partial charge in [0.2, 0.25) is 0 Å². The third kappa shape index (κ3) is 2.94. The Bertz CT molecular complexity index is 1020. The van der Waals surface area contributed by atoms with E-state index >= 15 is 0 Å². The summed E-state index contributed by atoms with van der Waals surface area (Å²) in [7, 11) is 0. The Labute approximate surface area is 161 Å². The molecule has 0 bridgehead atoms. The van der Waals surface area contributed by atoms with Crippen LogP contribution in [-0.2, 0) is 0 Å². The van der Waals surface area contributed by atoms with E-state index < -0.39 is 0 Å². The molecule has 142 valence electrons. The van der Waals surface area contributed by atoms with Gasteiger partial charge in [0.1, 0.15) is 19.0 Å². The van der Waals surface area contributed by atoms with E-state index in [2.05, 4.69) is 15.5 Å². The van der Waals surface area contributed by atoms with Crippen molar-refractivity contribution in [1.29, 1.82) is 0 Å². The van der Waals surface area contributed by atoms with Gasteiger partial charge in [0, 0.05) is 23.7 Å². The molecule has 2 aliphatic heterocycles. The van der Waals surface area contributed by atoms with Crippen LogP contribution in [0.15, 0.2) is 48.8 Å². The fraction of sp³-hybridized carbons (Fsp3) is 0.238. The Hall–Kier alpha value is -3.48. The molecule has 5 rings (SSSR count). The fourth-order valence-corrected chi connectivity index (χ4v) is 3.62. The number of ether oxygens (including phenoxy) is 3. The van der Waals surface area contributed by atoms with Crippen molar-refractivity contribution in [3.8, 4) is 28.4 Å². The smallest absolute Gasteiger partial charge is 0.255 e. The molecule has 3 aromatic rings. The van der Waals surface area contributed by atoms with Crippen LogP contribution in [0.25, 0.3) is 11.1 Å². The molecule has 7 heteroatoms. The first-order valence-corrected chi connectivity index (χ1v) is 9.25. The molecule has 2 N–H and O–H groups in total. The number of nitrogens with one attached hydrogen (secondary N) is 2. The van der Waals surface area contributed by atoms with Crippen molar-refractivity contribution in [3.63, 3.8) is 0 Å². The van der Waals surface area contributed by atoms with Crippen molar-refractivity contribution in [2.45, 2.75) is 12.5 Å². The summed E-state index contributed by atoms with van der Waals surface area (Å²) in [5, 5.41) is 9.97. The highest BCUT2D eigenvalue weighted by molar-refractivity contribution is 5.98. The fourth-order valence-electron chi connectivity index (χ4n) is 3.62. The van der Waals surface area contributed by atoms with E-state index in [0.717, 1.165) is 22.4 Å². The van der Waals surface area contributed by atoms with Crippen LogP contribution >= 0.6 is 0 Å². The molecule has 28 heavy (non-hydrogen) atoms. The van der Waals surface area contributed by atoms with E-state index in [1.807, 2.05) is 30.5 Å². The normalized spacial score (nSPS) is 17.4. The van der Waals surface area contributed by atoms with E-state index in [4.69, 9.17) is 14.2 Å². The molecule has 3 heterocycles. The molecule has 0 aliphatic carbocycles. The van der Waals surface area contributed by atoms with Gasteiger partial charge in [-0.1, -0.05) is 12.1 Å². The first-order chi connectivity index (χ1) is 13.8. The minimum absolute atomic E-state index is 0.150. The van der Waals surface area contributed by atoms with Gasteiger partial charge < -0.3 is 19.5 Å². The molecule has 2 aliphatic rings. The van der Waals surface area contributed by atoms with Gasteiger partial charge in [-0.15, -0.1) is 0 Å². The number of nitrogens with zero attached hydrogens (tertiary/aromatic N) is 1. The molecule has 7 nitrogen and oxygen atoms in total. The van der Waals surface area contributed by atoms with Crippen molar-refractivity contribution < 1.29 is 19.0 Å². The highest BCUT2D eigenvalue weighted by Crippen LogP contribution is 2.37. The quantitative estimate of drug-likeness (QED) is 0.733. The highest BCUT2D eigenvalue weighted by Gasteiger charge is 2.27. The largest absolute Gasteiger partial charge is 0.493 e. The molecule has 2 aromatic carbocycles. The first-order valence-electron chi connectivity index (χ1n) is 9.25. The summed E-state index contributed by atoms with van der Waals surface area (Å²) in [4.78, 5) is 13.0. The van der Waals surface area contributed by atoms with Crippen LogP contribution in [0.1, 0.15) is 28.4 Å². The van der Waals surface area contributed by atoms with Gasteiger partial charge in [-0.2, -0.15) is 5.10 Å². The number of benzene rings is 2. The first kappa shape index (κ1) is 16.7. The minimum atomic E-state index is -0.186. The number of carbonyl (C=O) groups excluding carboxylic acids is 1. The number of rotatable bonds is 3. The maximum absolute atomic E-state index is 13.0. The Kier molecular flexibility index (Phi) is 4.12. The molecular formula is C21H19N3O4. The Morgan fingerprint density at radius 2 is 1.93 bits per heavy atom. The number of aromatic amines is 1. The molecule has 1 unspecified atom stereocenters. The van der Waals surface area contributed by atoms with Crippen LogP contribution < -0.4 is 19.5 Å². The number of aromatic nitrogens is 2. The molecule has 1 aromatic heterocycles. The minimum Gasteiger partial charge on any atom is -0.493 e. The number of fused-ring (bicyclic) bond motifs is 2. The summed E-state index contributed by atoms with van der Waals surface area (Å²) in [5.74, 6) is 1.71. The van der Waals surface area contributed by atoms with Crippen LogP contribution in [-0.4, -0.2) is 35.9 Å². The van der Waals surface area contributed by atoms with Crippen LogP contribution in [0.3, 0.4) is 0 Å². The lowest BCUT2D eigenvalue weighted by Crippen LogP contribution is -2.33. The third-order valence-corrected chi connectivity index (χ3v) is 5.00. The number of para-hydroxylation sites is 1.